The van der Waals surface area contributed by atoms with Gasteiger partial charge >= 0.3 is 0 Å². The van der Waals surface area contributed by atoms with Gasteiger partial charge in [-0.25, -0.2) is 9.37 Å². The summed E-state index contributed by atoms with van der Waals surface area (Å²) in [6.45, 7) is 2.27. The zero-order valence-corrected chi connectivity index (χ0v) is 15.4. The van der Waals surface area contributed by atoms with Crippen LogP contribution in [0.3, 0.4) is 0 Å². The Labute approximate surface area is 160 Å². The van der Waals surface area contributed by atoms with Crippen LogP contribution >= 0.6 is 11.6 Å². The van der Waals surface area contributed by atoms with Gasteiger partial charge in [0.25, 0.3) is 5.91 Å². The van der Waals surface area contributed by atoms with Crippen LogP contribution in [0.2, 0.25) is 5.02 Å². The average Bonchev–Trinajstić information content (AvgIpc) is 3.23. The van der Waals surface area contributed by atoms with E-state index in [-0.39, 0.29) is 22.5 Å². The van der Waals surface area contributed by atoms with E-state index in [1.165, 1.54) is 12.1 Å². The lowest BCUT2D eigenvalue weighted by molar-refractivity contribution is 0.0931. The number of nitriles is 1. The lowest BCUT2D eigenvalue weighted by atomic mass is 10.1. The van der Waals surface area contributed by atoms with Gasteiger partial charge < -0.3 is 9.88 Å². The highest BCUT2D eigenvalue weighted by molar-refractivity contribution is 6.32. The van der Waals surface area contributed by atoms with Crippen molar-refractivity contribution in [2.45, 2.75) is 19.5 Å². The Kier molecular flexibility index (Phi) is 5.23. The van der Waals surface area contributed by atoms with E-state index in [1.807, 2.05) is 6.92 Å². The lowest BCUT2D eigenvalue weighted by Crippen LogP contribution is -2.36. The highest BCUT2D eigenvalue weighted by Gasteiger charge is 2.15. The first kappa shape index (κ1) is 18.6. The normalized spacial score (nSPS) is 11.8. The van der Waals surface area contributed by atoms with Gasteiger partial charge in [-0.1, -0.05) is 11.6 Å². The van der Waals surface area contributed by atoms with Crippen molar-refractivity contribution in [3.05, 3.63) is 59.0 Å². The van der Waals surface area contributed by atoms with Crippen molar-refractivity contribution in [2.24, 2.45) is 7.05 Å². The molecule has 1 aromatic carbocycles. The maximum atomic E-state index is 13.9. The van der Waals surface area contributed by atoms with Gasteiger partial charge in [0, 0.05) is 31.0 Å². The van der Waals surface area contributed by atoms with Gasteiger partial charge in [0.1, 0.15) is 23.1 Å². The number of hydrogen-bond acceptors (Lipinski definition) is 4. The molecule has 0 fully saturated rings. The number of hydrogen-bond donors (Lipinski definition) is 1. The molecule has 27 heavy (non-hydrogen) atoms. The Balaban J connectivity index is 1.69. The number of nitrogens with zero attached hydrogens (tertiary/aromatic N) is 5. The van der Waals surface area contributed by atoms with Gasteiger partial charge in [-0.2, -0.15) is 10.4 Å². The standard InChI is InChI=1S/C18H16ClFN6O/c1-11(23-18(27)17-9-25(2)10-22-17)8-26-4-3-16(24-26)12-5-14(19)13(7-21)15(20)6-12/h3-6,9-11H,8H2,1-2H3,(H,23,27). The summed E-state index contributed by atoms with van der Waals surface area (Å²) in [6.07, 6.45) is 4.92. The van der Waals surface area contributed by atoms with Crippen LogP contribution in [-0.4, -0.2) is 31.3 Å². The molecule has 1 atom stereocenters. The molecule has 3 rings (SSSR count). The fraction of sp³-hybridized carbons (Fsp3) is 0.222. The Morgan fingerprint density at radius 3 is 2.89 bits per heavy atom. The third kappa shape index (κ3) is 4.15. The number of carbonyl (C=O) groups is 1. The molecule has 1 amide bonds. The molecule has 0 aliphatic heterocycles. The van der Waals surface area contributed by atoms with E-state index in [9.17, 15) is 9.18 Å². The van der Waals surface area contributed by atoms with Gasteiger partial charge in [0.15, 0.2) is 0 Å². The SMILES string of the molecule is CC(Cn1ccc(-c2cc(F)c(C#N)c(Cl)c2)n1)NC(=O)c1cn(C)cn1. The van der Waals surface area contributed by atoms with Crippen LogP contribution in [-0.2, 0) is 13.6 Å². The number of aromatic nitrogens is 4. The Morgan fingerprint density at radius 1 is 1.48 bits per heavy atom. The highest BCUT2D eigenvalue weighted by atomic mass is 35.5. The molecule has 0 spiro atoms. The number of nitrogens with one attached hydrogen (secondary N) is 1. The van der Waals surface area contributed by atoms with Gasteiger partial charge in [-0.3, -0.25) is 9.48 Å². The number of rotatable bonds is 5. The smallest absolute Gasteiger partial charge is 0.271 e. The third-order valence-corrected chi connectivity index (χ3v) is 4.16. The van der Waals surface area contributed by atoms with Crippen LogP contribution in [0.5, 0.6) is 0 Å². The second-order valence-electron chi connectivity index (χ2n) is 6.15. The Bertz CT molecular complexity index is 1010. The Hall–Kier alpha value is -3.18. The number of amides is 1. The molecule has 0 aliphatic carbocycles. The summed E-state index contributed by atoms with van der Waals surface area (Å²) < 4.78 is 17.3. The highest BCUT2D eigenvalue weighted by Crippen LogP contribution is 2.26. The largest absolute Gasteiger partial charge is 0.346 e. The van der Waals surface area contributed by atoms with Gasteiger partial charge in [0.2, 0.25) is 0 Å². The number of carbonyl (C=O) groups excluding carboxylic acids is 1. The molecule has 0 saturated carbocycles. The first-order valence-electron chi connectivity index (χ1n) is 8.09. The molecule has 7 nitrogen and oxygen atoms in total. The van der Waals surface area contributed by atoms with Crippen molar-refractivity contribution < 1.29 is 9.18 Å². The van der Waals surface area contributed by atoms with Crippen molar-refractivity contribution in [3.63, 3.8) is 0 Å². The van der Waals surface area contributed by atoms with Crippen LogP contribution in [0.4, 0.5) is 4.39 Å². The predicted molar refractivity (Wildman–Crippen MR) is 97.5 cm³/mol. The minimum Gasteiger partial charge on any atom is -0.346 e. The molecule has 0 bridgehead atoms. The summed E-state index contributed by atoms with van der Waals surface area (Å²) in [7, 11) is 1.79. The van der Waals surface area contributed by atoms with Crippen LogP contribution in [0, 0.1) is 17.1 Å². The molecule has 0 aliphatic rings. The Morgan fingerprint density at radius 2 is 2.26 bits per heavy atom. The zero-order chi connectivity index (χ0) is 19.6. The number of halogens is 2. The monoisotopic (exact) mass is 386 g/mol. The zero-order valence-electron chi connectivity index (χ0n) is 14.6. The van der Waals surface area contributed by atoms with Crippen LogP contribution in [0.15, 0.2) is 36.9 Å². The van der Waals surface area contributed by atoms with Crippen molar-refractivity contribution in [2.75, 3.05) is 0 Å². The molecular weight excluding hydrogens is 371 g/mol. The second-order valence-corrected chi connectivity index (χ2v) is 6.56. The van der Waals surface area contributed by atoms with E-state index in [1.54, 1.807) is 47.2 Å². The van der Waals surface area contributed by atoms with E-state index in [0.717, 1.165) is 0 Å². The molecule has 1 N–H and O–H groups in total. The summed E-state index contributed by atoms with van der Waals surface area (Å²) in [4.78, 5) is 16.1. The molecule has 0 radical (unpaired) electrons. The maximum Gasteiger partial charge on any atom is 0.271 e. The van der Waals surface area contributed by atoms with Gasteiger partial charge in [0.05, 0.1) is 23.6 Å². The quantitative estimate of drug-likeness (QED) is 0.730. The third-order valence-electron chi connectivity index (χ3n) is 3.87. The minimum atomic E-state index is -0.689. The van der Waals surface area contributed by atoms with Crippen LogP contribution in [0.1, 0.15) is 23.0 Å². The summed E-state index contributed by atoms with van der Waals surface area (Å²) in [5.41, 5.74) is 1.14. The van der Waals surface area contributed by atoms with Crippen molar-refractivity contribution >= 4 is 17.5 Å². The first-order chi connectivity index (χ1) is 12.9. The summed E-state index contributed by atoms with van der Waals surface area (Å²) in [6, 6.07) is 5.97. The summed E-state index contributed by atoms with van der Waals surface area (Å²) >= 11 is 5.94. The predicted octanol–water partition coefficient (Wildman–Crippen LogP) is 2.77. The maximum absolute atomic E-state index is 13.9. The van der Waals surface area contributed by atoms with E-state index in [2.05, 4.69) is 15.4 Å². The molecule has 1 unspecified atom stereocenters. The van der Waals surface area contributed by atoms with Gasteiger partial charge in [-0.15, -0.1) is 0 Å². The van der Waals surface area contributed by atoms with Crippen molar-refractivity contribution in [1.82, 2.24) is 24.6 Å². The molecular formula is C18H16ClFN6O. The van der Waals surface area contributed by atoms with Crippen molar-refractivity contribution in [1.29, 1.82) is 5.26 Å². The number of aryl methyl sites for hydroxylation is 1. The van der Waals surface area contributed by atoms with E-state index in [4.69, 9.17) is 16.9 Å². The van der Waals surface area contributed by atoms with Crippen LogP contribution in [0.25, 0.3) is 11.3 Å². The summed E-state index contributed by atoms with van der Waals surface area (Å²) in [5.74, 6) is -0.957. The molecule has 2 heterocycles. The van der Waals surface area contributed by atoms with Crippen LogP contribution < -0.4 is 5.32 Å². The first-order valence-corrected chi connectivity index (χ1v) is 8.47. The average molecular weight is 387 g/mol. The number of imidazole rings is 1. The molecule has 3 aromatic rings. The minimum absolute atomic E-state index is 0.0399. The fourth-order valence-corrected chi connectivity index (χ4v) is 2.85. The molecule has 138 valence electrons. The molecule has 0 saturated heterocycles. The number of benzene rings is 1. The lowest BCUT2D eigenvalue weighted by Gasteiger charge is -2.13. The van der Waals surface area contributed by atoms with E-state index >= 15 is 0 Å². The second kappa shape index (κ2) is 7.60. The van der Waals surface area contributed by atoms with E-state index < -0.39 is 5.82 Å². The van der Waals surface area contributed by atoms with Gasteiger partial charge in [-0.05, 0) is 25.1 Å². The fourth-order valence-electron chi connectivity index (χ4n) is 2.60. The van der Waals surface area contributed by atoms with Crippen molar-refractivity contribution in [3.8, 4) is 17.3 Å². The van der Waals surface area contributed by atoms with E-state index in [0.29, 0.717) is 23.5 Å². The summed E-state index contributed by atoms with van der Waals surface area (Å²) in [5, 5.41) is 16.2. The topological polar surface area (TPSA) is 88.5 Å². The molecule has 2 aromatic heterocycles. The molecule has 9 heteroatoms.